The van der Waals surface area contributed by atoms with Gasteiger partial charge in [0.15, 0.2) is 6.61 Å². The molecule has 1 amide bonds. The van der Waals surface area contributed by atoms with Gasteiger partial charge in [-0.3, -0.25) is 9.59 Å². The molecular formula is C22H21NO4. The molecule has 0 saturated carbocycles. The number of anilines is 1. The predicted molar refractivity (Wildman–Crippen MR) is 105 cm³/mol. The van der Waals surface area contributed by atoms with Gasteiger partial charge < -0.3 is 14.8 Å². The molecule has 5 nitrogen and oxygen atoms in total. The number of rotatable bonds is 7. The van der Waals surface area contributed by atoms with Crippen molar-refractivity contribution in [2.24, 2.45) is 0 Å². The molecule has 0 unspecified atom stereocenters. The predicted octanol–water partition coefficient (Wildman–Crippen LogP) is 4.10. The van der Waals surface area contributed by atoms with Crippen LogP contribution in [0.25, 0.3) is 10.8 Å². The Kier molecular flexibility index (Phi) is 6.05. The summed E-state index contributed by atoms with van der Waals surface area (Å²) in [5, 5.41) is 4.85. The fourth-order valence-corrected chi connectivity index (χ4v) is 2.64. The lowest BCUT2D eigenvalue weighted by Gasteiger charge is -2.09. The standard InChI is InChI=1S/C22H21NO4/c1-16-5-4-8-20(13-16)26-12-11-22(25)27-15-21(24)23-19-10-9-17-6-2-3-7-18(17)14-19/h2-10,13-14H,11-12,15H2,1H3,(H,23,24). The first-order valence-corrected chi connectivity index (χ1v) is 8.74. The van der Waals surface area contributed by atoms with Gasteiger partial charge in [-0.1, -0.05) is 42.5 Å². The van der Waals surface area contributed by atoms with E-state index in [1.165, 1.54) is 0 Å². The molecule has 0 bridgehead atoms. The van der Waals surface area contributed by atoms with Crippen LogP contribution in [0.2, 0.25) is 0 Å². The number of carbonyl (C=O) groups excluding carboxylic acids is 2. The van der Waals surface area contributed by atoms with E-state index in [-0.39, 0.29) is 25.5 Å². The molecule has 0 aliphatic heterocycles. The zero-order valence-corrected chi connectivity index (χ0v) is 15.1. The third-order valence-electron chi connectivity index (χ3n) is 3.96. The molecule has 1 N–H and O–H groups in total. The van der Waals surface area contributed by atoms with Gasteiger partial charge in [0, 0.05) is 5.69 Å². The molecule has 0 aromatic heterocycles. The Morgan fingerprint density at radius 2 is 1.74 bits per heavy atom. The highest BCUT2D eigenvalue weighted by atomic mass is 16.5. The van der Waals surface area contributed by atoms with Crippen molar-refractivity contribution in [1.82, 2.24) is 0 Å². The van der Waals surface area contributed by atoms with Gasteiger partial charge >= 0.3 is 5.97 Å². The van der Waals surface area contributed by atoms with Crippen LogP contribution in [0.4, 0.5) is 5.69 Å². The molecule has 0 aliphatic carbocycles. The number of fused-ring (bicyclic) bond motifs is 1. The zero-order valence-electron chi connectivity index (χ0n) is 15.1. The summed E-state index contributed by atoms with van der Waals surface area (Å²) in [4.78, 5) is 23.7. The molecule has 5 heteroatoms. The van der Waals surface area contributed by atoms with Crippen molar-refractivity contribution in [3.05, 3.63) is 72.3 Å². The number of amides is 1. The summed E-state index contributed by atoms with van der Waals surface area (Å²) >= 11 is 0. The number of hydrogen-bond donors (Lipinski definition) is 1. The van der Waals surface area contributed by atoms with Crippen molar-refractivity contribution in [2.45, 2.75) is 13.3 Å². The summed E-state index contributed by atoms with van der Waals surface area (Å²) in [6.45, 7) is 1.85. The molecule has 0 aliphatic rings. The molecule has 0 heterocycles. The van der Waals surface area contributed by atoms with Crippen LogP contribution >= 0.6 is 0 Å². The lowest BCUT2D eigenvalue weighted by molar-refractivity contribution is -0.147. The van der Waals surface area contributed by atoms with Gasteiger partial charge in [-0.25, -0.2) is 0 Å². The normalized spacial score (nSPS) is 10.4. The molecular weight excluding hydrogens is 342 g/mol. The third-order valence-corrected chi connectivity index (χ3v) is 3.96. The van der Waals surface area contributed by atoms with Crippen molar-refractivity contribution < 1.29 is 19.1 Å². The summed E-state index contributed by atoms with van der Waals surface area (Å²) in [5.41, 5.74) is 1.75. The van der Waals surface area contributed by atoms with E-state index in [4.69, 9.17) is 9.47 Å². The average molecular weight is 363 g/mol. The smallest absolute Gasteiger partial charge is 0.309 e. The van der Waals surface area contributed by atoms with Gasteiger partial charge in [0.2, 0.25) is 0 Å². The van der Waals surface area contributed by atoms with Gasteiger partial charge in [-0.2, -0.15) is 0 Å². The van der Waals surface area contributed by atoms with E-state index in [1.807, 2.05) is 73.7 Å². The Morgan fingerprint density at radius 1 is 0.926 bits per heavy atom. The maximum atomic E-state index is 12.0. The fraction of sp³-hybridized carbons (Fsp3) is 0.182. The van der Waals surface area contributed by atoms with Crippen molar-refractivity contribution in [3.8, 4) is 5.75 Å². The van der Waals surface area contributed by atoms with E-state index in [0.717, 1.165) is 16.3 Å². The number of hydrogen-bond acceptors (Lipinski definition) is 4. The summed E-state index contributed by atoms with van der Waals surface area (Å²) in [7, 11) is 0. The Labute approximate surface area is 157 Å². The molecule has 0 fully saturated rings. The molecule has 3 aromatic rings. The van der Waals surface area contributed by atoms with Crippen LogP contribution in [-0.2, 0) is 14.3 Å². The minimum atomic E-state index is -0.476. The highest BCUT2D eigenvalue weighted by Crippen LogP contribution is 2.18. The van der Waals surface area contributed by atoms with E-state index >= 15 is 0 Å². The average Bonchev–Trinajstić information content (AvgIpc) is 2.66. The minimum absolute atomic E-state index is 0.0806. The molecule has 138 valence electrons. The Bertz CT molecular complexity index is 952. The topological polar surface area (TPSA) is 64.6 Å². The highest BCUT2D eigenvalue weighted by Gasteiger charge is 2.09. The maximum Gasteiger partial charge on any atom is 0.309 e. The van der Waals surface area contributed by atoms with Gasteiger partial charge in [-0.15, -0.1) is 0 Å². The van der Waals surface area contributed by atoms with Gasteiger partial charge in [0.1, 0.15) is 5.75 Å². The van der Waals surface area contributed by atoms with Crippen molar-refractivity contribution in [1.29, 1.82) is 0 Å². The number of aryl methyl sites for hydroxylation is 1. The van der Waals surface area contributed by atoms with E-state index < -0.39 is 5.97 Å². The first-order chi connectivity index (χ1) is 13.1. The van der Waals surface area contributed by atoms with Crippen LogP contribution in [0.5, 0.6) is 5.75 Å². The fourth-order valence-electron chi connectivity index (χ4n) is 2.64. The molecule has 3 aromatic carbocycles. The second-order valence-corrected chi connectivity index (χ2v) is 6.19. The first kappa shape index (κ1) is 18.5. The van der Waals surface area contributed by atoms with Crippen LogP contribution in [0, 0.1) is 6.92 Å². The van der Waals surface area contributed by atoms with Crippen molar-refractivity contribution >= 4 is 28.3 Å². The minimum Gasteiger partial charge on any atom is -0.493 e. The Morgan fingerprint density at radius 3 is 2.56 bits per heavy atom. The maximum absolute atomic E-state index is 12.0. The molecule has 3 rings (SSSR count). The Balaban J connectivity index is 1.40. The largest absolute Gasteiger partial charge is 0.493 e. The van der Waals surface area contributed by atoms with Gasteiger partial charge in [0.25, 0.3) is 5.91 Å². The highest BCUT2D eigenvalue weighted by molar-refractivity contribution is 5.95. The monoisotopic (exact) mass is 363 g/mol. The molecule has 0 atom stereocenters. The quantitative estimate of drug-likeness (QED) is 0.642. The van der Waals surface area contributed by atoms with Crippen molar-refractivity contribution in [2.75, 3.05) is 18.5 Å². The summed E-state index contributed by atoms with van der Waals surface area (Å²) in [5.74, 6) is -0.147. The number of esters is 1. The molecule has 27 heavy (non-hydrogen) atoms. The van der Waals surface area contributed by atoms with Crippen LogP contribution in [0.3, 0.4) is 0 Å². The van der Waals surface area contributed by atoms with E-state index in [2.05, 4.69) is 5.32 Å². The lowest BCUT2D eigenvalue weighted by atomic mass is 10.1. The van der Waals surface area contributed by atoms with E-state index in [9.17, 15) is 9.59 Å². The first-order valence-electron chi connectivity index (χ1n) is 8.74. The number of carbonyl (C=O) groups is 2. The summed E-state index contributed by atoms with van der Waals surface area (Å²) in [6.07, 6.45) is 0.0806. The van der Waals surface area contributed by atoms with E-state index in [0.29, 0.717) is 11.4 Å². The van der Waals surface area contributed by atoms with Crippen LogP contribution < -0.4 is 10.1 Å². The van der Waals surface area contributed by atoms with Crippen LogP contribution in [-0.4, -0.2) is 25.1 Å². The van der Waals surface area contributed by atoms with Crippen LogP contribution in [0.15, 0.2) is 66.7 Å². The van der Waals surface area contributed by atoms with Crippen LogP contribution in [0.1, 0.15) is 12.0 Å². The zero-order chi connectivity index (χ0) is 19.1. The third kappa shape index (κ3) is 5.57. The molecule has 0 saturated heterocycles. The van der Waals surface area contributed by atoms with Gasteiger partial charge in [-0.05, 0) is 47.5 Å². The summed E-state index contributed by atoms with van der Waals surface area (Å²) < 4.78 is 10.5. The number of nitrogens with one attached hydrogen (secondary N) is 1. The molecule has 0 radical (unpaired) electrons. The van der Waals surface area contributed by atoms with E-state index in [1.54, 1.807) is 0 Å². The number of ether oxygens (including phenoxy) is 2. The number of benzene rings is 3. The summed E-state index contributed by atoms with van der Waals surface area (Å²) in [6, 6.07) is 21.1. The SMILES string of the molecule is Cc1cccc(OCCC(=O)OCC(=O)Nc2ccc3ccccc3c2)c1. The second-order valence-electron chi connectivity index (χ2n) is 6.19. The Hall–Kier alpha value is -3.34. The second kappa shape index (κ2) is 8.85. The lowest BCUT2D eigenvalue weighted by Crippen LogP contribution is -2.21. The van der Waals surface area contributed by atoms with Crippen molar-refractivity contribution in [3.63, 3.8) is 0 Å². The molecule has 0 spiro atoms. The van der Waals surface area contributed by atoms with Gasteiger partial charge in [0.05, 0.1) is 13.0 Å².